The molecule has 7 nitrogen and oxygen atoms in total. The standard InChI is InChI=1S/C17H16N3O4/c18-16(22)14-9-11(10-24-14)17(23)19-12-4-6-13(7-5-12)20-8-2-1-3-15(20)21/h1-9,11,14H,10H2,(H2,18,22)(H,19,23). The van der Waals surface area contributed by atoms with Crippen molar-refractivity contribution in [1.29, 1.82) is 0 Å². The topological polar surface area (TPSA) is 103 Å². The second-order valence-electron chi connectivity index (χ2n) is 5.40. The molecule has 0 spiro atoms. The van der Waals surface area contributed by atoms with Gasteiger partial charge in [0.15, 0.2) is 0 Å². The minimum Gasteiger partial charge on any atom is -0.367 e. The molecule has 3 rings (SSSR count). The van der Waals surface area contributed by atoms with Gasteiger partial charge in [-0.05, 0) is 30.3 Å². The van der Waals surface area contributed by atoms with Gasteiger partial charge in [0.05, 0.1) is 12.5 Å². The molecule has 1 radical (unpaired) electrons. The van der Waals surface area contributed by atoms with Crippen molar-refractivity contribution in [3.8, 4) is 5.69 Å². The minimum absolute atomic E-state index is 0.122. The summed E-state index contributed by atoms with van der Waals surface area (Å²) < 4.78 is 6.65. The van der Waals surface area contributed by atoms with Crippen LogP contribution in [0.4, 0.5) is 5.69 Å². The van der Waals surface area contributed by atoms with Crippen molar-refractivity contribution in [3.63, 3.8) is 0 Å². The lowest BCUT2D eigenvalue weighted by atomic mass is 10.0. The molecule has 2 amide bonds. The molecule has 0 saturated carbocycles. The molecule has 2 aromatic rings. The zero-order valence-electron chi connectivity index (χ0n) is 12.7. The molecule has 1 aromatic carbocycles. The van der Waals surface area contributed by atoms with Crippen LogP contribution in [0.3, 0.4) is 0 Å². The van der Waals surface area contributed by atoms with Gasteiger partial charge in [-0.1, -0.05) is 6.07 Å². The fraction of sp³-hybridized carbons (Fsp3) is 0.176. The van der Waals surface area contributed by atoms with Crippen molar-refractivity contribution in [3.05, 3.63) is 65.4 Å². The Balaban J connectivity index is 1.67. The van der Waals surface area contributed by atoms with Crippen LogP contribution in [0.5, 0.6) is 0 Å². The second kappa shape index (κ2) is 6.67. The van der Waals surface area contributed by atoms with Crippen LogP contribution in [0.25, 0.3) is 5.69 Å². The van der Waals surface area contributed by atoms with E-state index in [1.54, 1.807) is 42.6 Å². The summed E-state index contributed by atoms with van der Waals surface area (Å²) in [6, 6.07) is 11.8. The maximum absolute atomic E-state index is 12.2. The molecule has 1 saturated heterocycles. The van der Waals surface area contributed by atoms with Gasteiger partial charge in [-0.3, -0.25) is 19.0 Å². The number of ether oxygens (including phenoxy) is 1. The Morgan fingerprint density at radius 1 is 1.17 bits per heavy atom. The van der Waals surface area contributed by atoms with Crippen LogP contribution in [0.2, 0.25) is 0 Å². The highest BCUT2D eigenvalue weighted by molar-refractivity contribution is 5.95. The van der Waals surface area contributed by atoms with E-state index in [1.165, 1.54) is 17.1 Å². The van der Waals surface area contributed by atoms with Crippen molar-refractivity contribution in [1.82, 2.24) is 4.57 Å². The second-order valence-corrected chi connectivity index (χ2v) is 5.40. The summed E-state index contributed by atoms with van der Waals surface area (Å²) in [7, 11) is 0. The van der Waals surface area contributed by atoms with Gasteiger partial charge in [0, 0.05) is 30.1 Å². The number of carbonyl (C=O) groups is 2. The molecular weight excluding hydrogens is 310 g/mol. The number of aromatic nitrogens is 1. The van der Waals surface area contributed by atoms with Crippen molar-refractivity contribution < 1.29 is 14.3 Å². The molecule has 7 heteroatoms. The van der Waals surface area contributed by atoms with E-state index in [0.717, 1.165) is 0 Å². The normalized spacial score (nSPS) is 19.8. The van der Waals surface area contributed by atoms with Crippen LogP contribution < -0.4 is 16.6 Å². The largest absolute Gasteiger partial charge is 0.367 e. The Hall–Kier alpha value is -2.93. The molecule has 0 bridgehead atoms. The number of carbonyl (C=O) groups excluding carboxylic acids is 2. The van der Waals surface area contributed by atoms with Gasteiger partial charge in [0.2, 0.25) is 11.8 Å². The first-order valence-electron chi connectivity index (χ1n) is 7.39. The first kappa shape index (κ1) is 15.9. The lowest BCUT2D eigenvalue weighted by molar-refractivity contribution is -0.126. The van der Waals surface area contributed by atoms with Gasteiger partial charge in [0.1, 0.15) is 6.10 Å². The van der Waals surface area contributed by atoms with E-state index in [0.29, 0.717) is 11.4 Å². The number of hydrogen-bond acceptors (Lipinski definition) is 4. The van der Waals surface area contributed by atoms with E-state index < -0.39 is 17.9 Å². The van der Waals surface area contributed by atoms with Gasteiger partial charge in [-0.25, -0.2) is 0 Å². The predicted octanol–water partition coefficient (Wildman–Crippen LogP) is 0.481. The van der Waals surface area contributed by atoms with Gasteiger partial charge >= 0.3 is 0 Å². The van der Waals surface area contributed by atoms with Crippen molar-refractivity contribution in [2.75, 3.05) is 11.9 Å². The van der Waals surface area contributed by atoms with E-state index in [9.17, 15) is 14.4 Å². The van der Waals surface area contributed by atoms with Gasteiger partial charge in [0.25, 0.3) is 5.56 Å². The third-order valence-electron chi connectivity index (χ3n) is 3.72. The zero-order chi connectivity index (χ0) is 17.1. The third-order valence-corrected chi connectivity index (χ3v) is 3.72. The highest BCUT2D eigenvalue weighted by Gasteiger charge is 2.34. The number of benzene rings is 1. The number of nitrogens with zero attached hydrogens (tertiary/aromatic N) is 1. The molecule has 1 fully saturated rings. The third kappa shape index (κ3) is 3.36. The van der Waals surface area contributed by atoms with Gasteiger partial charge in [-0.2, -0.15) is 0 Å². The number of rotatable bonds is 4. The van der Waals surface area contributed by atoms with Gasteiger partial charge < -0.3 is 15.8 Å². The number of amides is 2. The molecule has 1 aliphatic rings. The molecule has 2 atom stereocenters. The van der Waals surface area contributed by atoms with Crippen LogP contribution in [-0.2, 0) is 14.3 Å². The highest BCUT2D eigenvalue weighted by Crippen LogP contribution is 2.20. The molecule has 2 unspecified atom stereocenters. The Kier molecular flexibility index (Phi) is 4.43. The summed E-state index contributed by atoms with van der Waals surface area (Å²) in [6.45, 7) is 0.122. The maximum Gasteiger partial charge on any atom is 0.255 e. The molecule has 2 heterocycles. The summed E-state index contributed by atoms with van der Waals surface area (Å²) >= 11 is 0. The number of nitrogens with one attached hydrogen (secondary N) is 1. The Bertz CT molecular complexity index is 813. The zero-order valence-corrected chi connectivity index (χ0v) is 12.7. The number of pyridine rings is 1. The fourth-order valence-corrected chi connectivity index (χ4v) is 2.45. The van der Waals surface area contributed by atoms with Crippen LogP contribution >= 0.6 is 0 Å². The lowest BCUT2D eigenvalue weighted by Gasteiger charge is -2.10. The molecule has 123 valence electrons. The molecule has 3 N–H and O–H groups in total. The van der Waals surface area contributed by atoms with E-state index in [-0.39, 0.29) is 18.1 Å². The predicted molar refractivity (Wildman–Crippen MR) is 87.4 cm³/mol. The Morgan fingerprint density at radius 3 is 2.54 bits per heavy atom. The summed E-state index contributed by atoms with van der Waals surface area (Å²) in [4.78, 5) is 35.0. The van der Waals surface area contributed by atoms with E-state index in [4.69, 9.17) is 10.5 Å². The van der Waals surface area contributed by atoms with E-state index >= 15 is 0 Å². The number of primary amides is 1. The quantitative estimate of drug-likeness (QED) is 0.853. The Labute approximate surface area is 138 Å². The maximum atomic E-state index is 12.2. The van der Waals surface area contributed by atoms with E-state index in [2.05, 4.69) is 5.32 Å². The van der Waals surface area contributed by atoms with Crippen LogP contribution in [-0.4, -0.2) is 29.1 Å². The first-order valence-corrected chi connectivity index (χ1v) is 7.39. The average Bonchev–Trinajstić information content (AvgIpc) is 3.07. The molecule has 1 aromatic heterocycles. The fourth-order valence-electron chi connectivity index (χ4n) is 2.45. The molecule has 24 heavy (non-hydrogen) atoms. The Morgan fingerprint density at radius 2 is 1.92 bits per heavy atom. The summed E-state index contributed by atoms with van der Waals surface area (Å²) in [5.41, 5.74) is 6.29. The van der Waals surface area contributed by atoms with Crippen molar-refractivity contribution in [2.45, 2.75) is 6.10 Å². The van der Waals surface area contributed by atoms with Crippen molar-refractivity contribution >= 4 is 17.5 Å². The SMILES string of the molecule is NC(=O)C1[CH]C(C(=O)Nc2ccc(-n3ccccc3=O)cc2)CO1. The molecule has 0 aliphatic carbocycles. The molecular formula is C17H16N3O4. The summed E-state index contributed by atoms with van der Waals surface area (Å²) in [6.07, 6.45) is 2.34. The summed E-state index contributed by atoms with van der Waals surface area (Å²) in [5, 5.41) is 2.75. The lowest BCUT2D eigenvalue weighted by Crippen LogP contribution is -2.29. The molecule has 1 aliphatic heterocycles. The van der Waals surface area contributed by atoms with E-state index in [1.807, 2.05) is 0 Å². The van der Waals surface area contributed by atoms with Crippen LogP contribution in [0, 0.1) is 12.3 Å². The smallest absolute Gasteiger partial charge is 0.255 e. The van der Waals surface area contributed by atoms with Crippen LogP contribution in [0.1, 0.15) is 0 Å². The number of hydrogen-bond donors (Lipinski definition) is 2. The van der Waals surface area contributed by atoms with Crippen molar-refractivity contribution in [2.24, 2.45) is 11.7 Å². The van der Waals surface area contributed by atoms with Gasteiger partial charge in [-0.15, -0.1) is 0 Å². The minimum atomic E-state index is -0.826. The first-order chi connectivity index (χ1) is 11.5. The number of anilines is 1. The monoisotopic (exact) mass is 326 g/mol. The van der Waals surface area contributed by atoms with Crippen LogP contribution in [0.15, 0.2) is 53.5 Å². The highest BCUT2D eigenvalue weighted by atomic mass is 16.5. The average molecular weight is 326 g/mol. The number of nitrogens with two attached hydrogens (primary N) is 1. The summed E-state index contributed by atoms with van der Waals surface area (Å²) in [5.74, 6) is -1.41.